The largest absolute Gasteiger partial charge is 0.496 e. The highest BCUT2D eigenvalue weighted by Gasteiger charge is 2.11. The van der Waals surface area contributed by atoms with Crippen molar-refractivity contribution in [1.29, 1.82) is 0 Å². The summed E-state index contributed by atoms with van der Waals surface area (Å²) in [6, 6.07) is 11.3. The summed E-state index contributed by atoms with van der Waals surface area (Å²) in [6.07, 6.45) is 0. The Kier molecular flexibility index (Phi) is 5.63. The van der Waals surface area contributed by atoms with Crippen molar-refractivity contribution in [2.24, 2.45) is 0 Å². The van der Waals surface area contributed by atoms with Crippen LogP contribution in [-0.2, 0) is 0 Å². The van der Waals surface area contributed by atoms with E-state index < -0.39 is 0 Å². The summed E-state index contributed by atoms with van der Waals surface area (Å²) in [7, 11) is 1.55. The van der Waals surface area contributed by atoms with Gasteiger partial charge in [-0.3, -0.25) is 4.79 Å². The van der Waals surface area contributed by atoms with E-state index in [2.05, 4.69) is 24.4 Å². The molecule has 122 valence electrons. The Hall–Kier alpha value is -2.49. The van der Waals surface area contributed by atoms with Gasteiger partial charge in [0.15, 0.2) is 0 Å². The topological polar surface area (TPSA) is 47.6 Å². The van der Waals surface area contributed by atoms with Crippen LogP contribution in [0.4, 0.5) is 0 Å². The number of methoxy groups -OCH3 is 1. The van der Waals surface area contributed by atoms with Gasteiger partial charge >= 0.3 is 0 Å². The molecule has 0 bridgehead atoms. The molecule has 0 aliphatic carbocycles. The minimum atomic E-state index is -0.164. The van der Waals surface area contributed by atoms with Gasteiger partial charge in [-0.05, 0) is 44.0 Å². The molecule has 0 atom stereocenters. The molecule has 4 heteroatoms. The first kappa shape index (κ1) is 16.9. The van der Waals surface area contributed by atoms with Crippen LogP contribution in [0, 0.1) is 20.8 Å². The minimum Gasteiger partial charge on any atom is -0.496 e. The summed E-state index contributed by atoms with van der Waals surface area (Å²) >= 11 is 0. The average Bonchev–Trinajstić information content (AvgIpc) is 2.52. The molecular formula is C19H23NO3. The van der Waals surface area contributed by atoms with E-state index in [1.54, 1.807) is 19.2 Å². The number of carbonyl (C=O) groups excluding carboxylic acids is 1. The number of amides is 1. The van der Waals surface area contributed by atoms with Crippen molar-refractivity contribution in [3.8, 4) is 11.5 Å². The van der Waals surface area contributed by atoms with Crippen LogP contribution < -0.4 is 14.8 Å². The highest BCUT2D eigenvalue weighted by molar-refractivity contribution is 5.96. The van der Waals surface area contributed by atoms with Crippen LogP contribution in [0.2, 0.25) is 0 Å². The lowest BCUT2D eigenvalue weighted by Gasteiger charge is -2.14. The first-order valence-corrected chi connectivity index (χ1v) is 7.64. The van der Waals surface area contributed by atoms with Gasteiger partial charge in [0.25, 0.3) is 5.91 Å². The number of rotatable bonds is 6. The van der Waals surface area contributed by atoms with Gasteiger partial charge in [0.2, 0.25) is 0 Å². The molecule has 2 aromatic rings. The van der Waals surface area contributed by atoms with E-state index in [-0.39, 0.29) is 5.91 Å². The van der Waals surface area contributed by atoms with Gasteiger partial charge in [0.05, 0.1) is 19.2 Å². The van der Waals surface area contributed by atoms with Crippen LogP contribution in [0.3, 0.4) is 0 Å². The van der Waals surface area contributed by atoms with Gasteiger partial charge in [0, 0.05) is 0 Å². The molecule has 0 saturated heterocycles. The number of para-hydroxylation sites is 1. The monoisotopic (exact) mass is 313 g/mol. The summed E-state index contributed by atoms with van der Waals surface area (Å²) in [5, 5.41) is 2.85. The van der Waals surface area contributed by atoms with Crippen LogP contribution in [0.15, 0.2) is 36.4 Å². The predicted molar refractivity (Wildman–Crippen MR) is 91.5 cm³/mol. The molecule has 0 aromatic heterocycles. The second-order valence-electron chi connectivity index (χ2n) is 5.53. The lowest BCUT2D eigenvalue weighted by molar-refractivity contribution is 0.0944. The van der Waals surface area contributed by atoms with E-state index in [0.29, 0.717) is 24.5 Å². The molecule has 2 aromatic carbocycles. The van der Waals surface area contributed by atoms with Crippen LogP contribution in [0.25, 0.3) is 0 Å². The fourth-order valence-corrected chi connectivity index (χ4v) is 2.64. The number of nitrogens with one attached hydrogen (secondary N) is 1. The SMILES string of the molecule is COc1ccccc1C(=O)NCCOc1c(C)cc(C)cc1C. The Morgan fingerprint density at radius 3 is 2.39 bits per heavy atom. The zero-order valence-corrected chi connectivity index (χ0v) is 14.1. The molecular weight excluding hydrogens is 290 g/mol. The van der Waals surface area contributed by atoms with Crippen molar-refractivity contribution in [3.05, 3.63) is 58.7 Å². The Balaban J connectivity index is 1.90. The third-order valence-corrected chi connectivity index (χ3v) is 3.59. The summed E-state index contributed by atoms with van der Waals surface area (Å²) < 4.78 is 11.0. The van der Waals surface area contributed by atoms with E-state index in [0.717, 1.165) is 16.9 Å². The molecule has 0 saturated carbocycles. The Morgan fingerprint density at radius 1 is 1.09 bits per heavy atom. The maximum Gasteiger partial charge on any atom is 0.255 e. The number of benzene rings is 2. The number of carbonyl (C=O) groups is 1. The molecule has 0 radical (unpaired) electrons. The number of hydrogen-bond acceptors (Lipinski definition) is 3. The van der Waals surface area contributed by atoms with Gasteiger partial charge in [-0.2, -0.15) is 0 Å². The molecule has 0 unspecified atom stereocenters. The standard InChI is InChI=1S/C19H23NO3/c1-13-11-14(2)18(15(3)12-13)23-10-9-20-19(21)16-7-5-6-8-17(16)22-4/h5-8,11-12H,9-10H2,1-4H3,(H,20,21). The fourth-order valence-electron chi connectivity index (χ4n) is 2.64. The highest BCUT2D eigenvalue weighted by atomic mass is 16.5. The maximum absolute atomic E-state index is 12.2. The lowest BCUT2D eigenvalue weighted by atomic mass is 10.1. The molecule has 0 heterocycles. The quantitative estimate of drug-likeness (QED) is 0.831. The van der Waals surface area contributed by atoms with E-state index in [1.165, 1.54) is 5.56 Å². The van der Waals surface area contributed by atoms with Crippen LogP contribution >= 0.6 is 0 Å². The van der Waals surface area contributed by atoms with Gasteiger partial charge < -0.3 is 14.8 Å². The summed E-state index contributed by atoms with van der Waals surface area (Å²) in [4.78, 5) is 12.2. The van der Waals surface area contributed by atoms with Gasteiger partial charge in [-0.15, -0.1) is 0 Å². The molecule has 1 N–H and O–H groups in total. The second-order valence-corrected chi connectivity index (χ2v) is 5.53. The predicted octanol–water partition coefficient (Wildman–Crippen LogP) is 3.43. The van der Waals surface area contributed by atoms with Crippen LogP contribution in [0.1, 0.15) is 27.0 Å². The van der Waals surface area contributed by atoms with E-state index in [1.807, 2.05) is 26.0 Å². The molecule has 0 aliphatic rings. The van der Waals surface area contributed by atoms with E-state index in [9.17, 15) is 4.79 Å². The van der Waals surface area contributed by atoms with Crippen molar-refractivity contribution in [2.45, 2.75) is 20.8 Å². The smallest absolute Gasteiger partial charge is 0.255 e. The molecule has 4 nitrogen and oxygen atoms in total. The van der Waals surface area contributed by atoms with E-state index >= 15 is 0 Å². The summed E-state index contributed by atoms with van der Waals surface area (Å²) in [5.74, 6) is 1.29. The molecule has 0 spiro atoms. The van der Waals surface area contributed by atoms with Crippen molar-refractivity contribution < 1.29 is 14.3 Å². The Labute approximate surface area is 137 Å². The zero-order valence-electron chi connectivity index (χ0n) is 14.1. The minimum absolute atomic E-state index is 0.164. The molecule has 0 aliphatic heterocycles. The van der Waals surface area contributed by atoms with Gasteiger partial charge in [-0.25, -0.2) is 0 Å². The van der Waals surface area contributed by atoms with E-state index in [4.69, 9.17) is 9.47 Å². The van der Waals surface area contributed by atoms with Crippen LogP contribution in [-0.4, -0.2) is 26.2 Å². The van der Waals surface area contributed by atoms with Gasteiger partial charge in [0.1, 0.15) is 18.1 Å². The molecule has 2 rings (SSSR count). The third kappa shape index (κ3) is 4.25. The second kappa shape index (κ2) is 7.68. The Morgan fingerprint density at radius 2 is 1.74 bits per heavy atom. The van der Waals surface area contributed by atoms with Crippen molar-refractivity contribution in [1.82, 2.24) is 5.32 Å². The average molecular weight is 313 g/mol. The summed E-state index contributed by atoms with van der Waals surface area (Å²) in [5.41, 5.74) is 3.96. The fraction of sp³-hybridized carbons (Fsp3) is 0.316. The number of aryl methyl sites for hydroxylation is 3. The maximum atomic E-state index is 12.2. The first-order valence-electron chi connectivity index (χ1n) is 7.64. The van der Waals surface area contributed by atoms with Crippen LogP contribution in [0.5, 0.6) is 11.5 Å². The molecule has 0 fully saturated rings. The first-order chi connectivity index (χ1) is 11.0. The Bertz CT molecular complexity index is 672. The van der Waals surface area contributed by atoms with Crippen molar-refractivity contribution >= 4 is 5.91 Å². The van der Waals surface area contributed by atoms with Crippen molar-refractivity contribution in [2.75, 3.05) is 20.3 Å². The zero-order chi connectivity index (χ0) is 16.8. The molecule has 23 heavy (non-hydrogen) atoms. The molecule has 1 amide bonds. The number of ether oxygens (including phenoxy) is 2. The number of hydrogen-bond donors (Lipinski definition) is 1. The summed E-state index contributed by atoms with van der Waals surface area (Å²) in [6.45, 7) is 6.98. The van der Waals surface area contributed by atoms with Crippen molar-refractivity contribution in [3.63, 3.8) is 0 Å². The van der Waals surface area contributed by atoms with Gasteiger partial charge in [-0.1, -0.05) is 29.8 Å². The highest BCUT2D eigenvalue weighted by Crippen LogP contribution is 2.24. The third-order valence-electron chi connectivity index (χ3n) is 3.59. The lowest BCUT2D eigenvalue weighted by Crippen LogP contribution is -2.28. The normalized spacial score (nSPS) is 10.3.